The molecule has 18 heavy (non-hydrogen) atoms. The van der Waals surface area contributed by atoms with Crippen molar-refractivity contribution in [3.05, 3.63) is 0 Å². The van der Waals surface area contributed by atoms with Gasteiger partial charge in [0.2, 0.25) is 0 Å². The van der Waals surface area contributed by atoms with Gasteiger partial charge in [-0.05, 0) is 31.6 Å². The predicted octanol–water partition coefficient (Wildman–Crippen LogP) is 5.28. The lowest BCUT2D eigenvalue weighted by Gasteiger charge is -2.23. The number of carbonyl (C=O) groups is 1. The summed E-state index contributed by atoms with van der Waals surface area (Å²) in [5.74, 6) is 1.78. The Kier molecular flexibility index (Phi) is 6.23. The third kappa shape index (κ3) is 4.40. The third-order valence-electron chi connectivity index (χ3n) is 5.07. The standard InChI is InChI=1S/C17H30O/c18-17-14-10-13-16(17)15-11-8-6-4-2-1-3-5-7-9-12-15/h15-16H,1-14H2. The molecule has 0 N–H and O–H groups in total. The van der Waals surface area contributed by atoms with E-state index in [0.717, 1.165) is 12.3 Å². The second-order valence-corrected chi connectivity index (χ2v) is 6.48. The summed E-state index contributed by atoms with van der Waals surface area (Å²) >= 11 is 0. The van der Waals surface area contributed by atoms with E-state index in [1.54, 1.807) is 0 Å². The van der Waals surface area contributed by atoms with Gasteiger partial charge in [-0.1, -0.05) is 57.8 Å². The van der Waals surface area contributed by atoms with Crippen molar-refractivity contribution in [3.63, 3.8) is 0 Å². The van der Waals surface area contributed by atoms with Gasteiger partial charge in [-0.3, -0.25) is 4.79 Å². The maximum atomic E-state index is 11.9. The molecule has 0 bridgehead atoms. The molecule has 104 valence electrons. The summed E-state index contributed by atoms with van der Waals surface area (Å²) < 4.78 is 0. The predicted molar refractivity (Wildman–Crippen MR) is 76.6 cm³/mol. The lowest BCUT2D eigenvalue weighted by atomic mass is 9.82. The van der Waals surface area contributed by atoms with Gasteiger partial charge in [0.05, 0.1) is 0 Å². The third-order valence-corrected chi connectivity index (χ3v) is 5.07. The van der Waals surface area contributed by atoms with Crippen LogP contribution in [-0.2, 0) is 4.79 Å². The molecule has 0 aromatic carbocycles. The zero-order valence-corrected chi connectivity index (χ0v) is 12.0. The van der Waals surface area contributed by atoms with Crippen molar-refractivity contribution in [1.29, 1.82) is 0 Å². The molecule has 0 heterocycles. The Balaban J connectivity index is 1.82. The first kappa shape index (κ1) is 14.1. The van der Waals surface area contributed by atoms with Crippen LogP contribution in [0.15, 0.2) is 0 Å². The Morgan fingerprint density at radius 1 is 0.611 bits per heavy atom. The highest BCUT2D eigenvalue weighted by Gasteiger charge is 2.31. The molecule has 0 radical (unpaired) electrons. The van der Waals surface area contributed by atoms with Gasteiger partial charge >= 0.3 is 0 Å². The molecule has 2 rings (SSSR count). The Labute approximate surface area is 113 Å². The number of rotatable bonds is 1. The molecular weight excluding hydrogens is 220 g/mol. The summed E-state index contributed by atoms with van der Waals surface area (Å²) in [6, 6.07) is 0. The molecule has 0 spiro atoms. The van der Waals surface area contributed by atoms with E-state index >= 15 is 0 Å². The summed E-state index contributed by atoms with van der Waals surface area (Å²) in [4.78, 5) is 11.9. The Bertz CT molecular complexity index is 234. The van der Waals surface area contributed by atoms with Crippen LogP contribution in [0.25, 0.3) is 0 Å². The van der Waals surface area contributed by atoms with Gasteiger partial charge in [-0.15, -0.1) is 0 Å². The lowest BCUT2D eigenvalue weighted by molar-refractivity contribution is -0.122. The van der Waals surface area contributed by atoms with Crippen LogP contribution in [0.2, 0.25) is 0 Å². The number of hydrogen-bond donors (Lipinski definition) is 0. The summed E-state index contributed by atoms with van der Waals surface area (Å²) in [7, 11) is 0. The largest absolute Gasteiger partial charge is 0.299 e. The highest BCUT2D eigenvalue weighted by molar-refractivity contribution is 5.83. The minimum atomic E-state index is 0.452. The second kappa shape index (κ2) is 7.96. The van der Waals surface area contributed by atoms with Gasteiger partial charge in [0, 0.05) is 12.3 Å². The molecule has 0 saturated heterocycles. The van der Waals surface area contributed by atoms with E-state index in [1.165, 1.54) is 83.5 Å². The van der Waals surface area contributed by atoms with E-state index in [-0.39, 0.29) is 0 Å². The van der Waals surface area contributed by atoms with Crippen molar-refractivity contribution in [2.45, 2.75) is 89.9 Å². The molecule has 0 amide bonds. The summed E-state index contributed by atoms with van der Waals surface area (Å²) in [5, 5.41) is 0. The number of carbonyl (C=O) groups excluding carboxylic acids is 1. The minimum Gasteiger partial charge on any atom is -0.299 e. The molecule has 0 aromatic heterocycles. The van der Waals surface area contributed by atoms with Crippen LogP contribution in [0.4, 0.5) is 0 Å². The smallest absolute Gasteiger partial charge is 0.136 e. The summed E-state index contributed by atoms with van der Waals surface area (Å²) in [6.07, 6.45) is 18.6. The van der Waals surface area contributed by atoms with Gasteiger partial charge in [0.15, 0.2) is 0 Å². The van der Waals surface area contributed by atoms with Crippen molar-refractivity contribution in [2.24, 2.45) is 11.8 Å². The molecule has 1 nitrogen and oxygen atoms in total. The Morgan fingerprint density at radius 3 is 1.56 bits per heavy atom. The fraction of sp³-hybridized carbons (Fsp3) is 0.941. The van der Waals surface area contributed by atoms with Crippen molar-refractivity contribution in [3.8, 4) is 0 Å². The van der Waals surface area contributed by atoms with Gasteiger partial charge < -0.3 is 0 Å². The minimum absolute atomic E-state index is 0.452. The highest BCUT2D eigenvalue weighted by atomic mass is 16.1. The number of ketones is 1. The van der Waals surface area contributed by atoms with E-state index in [0.29, 0.717) is 11.7 Å². The van der Waals surface area contributed by atoms with Crippen LogP contribution >= 0.6 is 0 Å². The van der Waals surface area contributed by atoms with Gasteiger partial charge in [0.1, 0.15) is 5.78 Å². The first-order valence-corrected chi connectivity index (χ1v) is 8.40. The average Bonchev–Trinajstić information content (AvgIpc) is 2.76. The zero-order valence-electron chi connectivity index (χ0n) is 12.0. The van der Waals surface area contributed by atoms with Crippen molar-refractivity contribution >= 4 is 5.78 Å². The summed E-state index contributed by atoms with van der Waals surface area (Å²) in [6.45, 7) is 0. The maximum absolute atomic E-state index is 11.9. The normalized spacial score (nSPS) is 29.8. The van der Waals surface area contributed by atoms with Gasteiger partial charge in [-0.2, -0.15) is 0 Å². The molecule has 2 saturated carbocycles. The van der Waals surface area contributed by atoms with Gasteiger partial charge in [-0.25, -0.2) is 0 Å². The van der Waals surface area contributed by atoms with Crippen LogP contribution in [0, 0.1) is 11.8 Å². The quantitative estimate of drug-likeness (QED) is 0.619. The molecule has 1 atom stereocenters. The highest BCUT2D eigenvalue weighted by Crippen LogP contribution is 2.35. The van der Waals surface area contributed by atoms with E-state index < -0.39 is 0 Å². The molecule has 2 fully saturated rings. The fourth-order valence-corrected chi connectivity index (χ4v) is 3.94. The van der Waals surface area contributed by atoms with Crippen molar-refractivity contribution < 1.29 is 4.79 Å². The van der Waals surface area contributed by atoms with E-state index in [9.17, 15) is 4.79 Å². The molecular formula is C17H30O. The van der Waals surface area contributed by atoms with Crippen LogP contribution in [0.1, 0.15) is 89.9 Å². The second-order valence-electron chi connectivity index (χ2n) is 6.48. The maximum Gasteiger partial charge on any atom is 0.136 e. The van der Waals surface area contributed by atoms with Crippen LogP contribution in [0.3, 0.4) is 0 Å². The topological polar surface area (TPSA) is 17.1 Å². The Hall–Kier alpha value is -0.330. The zero-order chi connectivity index (χ0) is 12.6. The molecule has 0 aliphatic heterocycles. The van der Waals surface area contributed by atoms with Crippen LogP contribution < -0.4 is 0 Å². The monoisotopic (exact) mass is 250 g/mol. The Morgan fingerprint density at radius 2 is 1.11 bits per heavy atom. The number of Topliss-reactive ketones (excluding diaryl/α,β-unsaturated/α-hetero) is 1. The first-order valence-electron chi connectivity index (χ1n) is 8.40. The van der Waals surface area contributed by atoms with E-state index in [2.05, 4.69) is 0 Å². The van der Waals surface area contributed by atoms with Crippen LogP contribution in [-0.4, -0.2) is 5.78 Å². The SMILES string of the molecule is O=C1CCCC1C1CCCCCCCCCCC1. The number of hydrogen-bond acceptors (Lipinski definition) is 1. The van der Waals surface area contributed by atoms with E-state index in [1.807, 2.05) is 0 Å². The molecule has 2 aliphatic rings. The fourth-order valence-electron chi connectivity index (χ4n) is 3.94. The molecule has 1 heteroatoms. The van der Waals surface area contributed by atoms with Crippen LogP contribution in [0.5, 0.6) is 0 Å². The molecule has 1 unspecified atom stereocenters. The van der Waals surface area contributed by atoms with Gasteiger partial charge in [0.25, 0.3) is 0 Å². The van der Waals surface area contributed by atoms with Crippen molar-refractivity contribution in [2.75, 3.05) is 0 Å². The lowest BCUT2D eigenvalue weighted by Crippen LogP contribution is -2.19. The molecule has 2 aliphatic carbocycles. The first-order chi connectivity index (χ1) is 8.88. The summed E-state index contributed by atoms with van der Waals surface area (Å²) in [5.41, 5.74) is 0. The molecule has 0 aromatic rings. The van der Waals surface area contributed by atoms with E-state index in [4.69, 9.17) is 0 Å². The van der Waals surface area contributed by atoms with Crippen molar-refractivity contribution in [1.82, 2.24) is 0 Å². The average molecular weight is 250 g/mol.